The summed E-state index contributed by atoms with van der Waals surface area (Å²) in [6.45, 7) is 4.19. The molecule has 2 heterocycles. The molecule has 2 amide bonds. The van der Waals surface area contributed by atoms with Crippen LogP contribution in [-0.4, -0.2) is 22.0 Å². The minimum atomic E-state index is -0.335. The van der Waals surface area contributed by atoms with Gasteiger partial charge in [0.05, 0.1) is 6.54 Å². The molecule has 2 N–H and O–H groups in total. The van der Waals surface area contributed by atoms with E-state index < -0.39 is 0 Å². The Morgan fingerprint density at radius 3 is 2.74 bits per heavy atom. The van der Waals surface area contributed by atoms with E-state index in [1.165, 1.54) is 11.3 Å². The molecule has 0 spiro atoms. The first-order chi connectivity index (χ1) is 13.0. The highest BCUT2D eigenvalue weighted by atomic mass is 32.1. The van der Waals surface area contributed by atoms with Gasteiger partial charge in [-0.3, -0.25) is 9.59 Å². The fourth-order valence-corrected chi connectivity index (χ4v) is 3.27. The van der Waals surface area contributed by atoms with Gasteiger partial charge in [0, 0.05) is 17.7 Å². The van der Waals surface area contributed by atoms with Gasteiger partial charge < -0.3 is 15.1 Å². The van der Waals surface area contributed by atoms with Gasteiger partial charge in [-0.25, -0.2) is 0 Å². The van der Waals surface area contributed by atoms with E-state index in [9.17, 15) is 9.59 Å². The lowest BCUT2D eigenvalue weighted by atomic mass is 10.2. The van der Waals surface area contributed by atoms with Crippen LogP contribution in [0.15, 0.2) is 40.8 Å². The lowest BCUT2D eigenvalue weighted by Crippen LogP contribution is -2.22. The molecule has 3 aromatic rings. The predicted octanol–water partition coefficient (Wildman–Crippen LogP) is 3.57. The van der Waals surface area contributed by atoms with Gasteiger partial charge in [0.15, 0.2) is 0 Å². The van der Waals surface area contributed by atoms with Crippen molar-refractivity contribution in [1.82, 2.24) is 15.5 Å². The van der Waals surface area contributed by atoms with Crippen LogP contribution in [0.3, 0.4) is 0 Å². The number of aromatic nitrogens is 2. The van der Waals surface area contributed by atoms with E-state index >= 15 is 0 Å². The molecular formula is C19H20N4O3S. The molecule has 0 atom stereocenters. The number of amides is 2. The van der Waals surface area contributed by atoms with Crippen molar-refractivity contribution >= 4 is 28.8 Å². The molecule has 0 aliphatic rings. The van der Waals surface area contributed by atoms with Crippen molar-refractivity contribution in [3.63, 3.8) is 0 Å². The second-order valence-corrected chi connectivity index (χ2v) is 7.04. The van der Waals surface area contributed by atoms with E-state index in [1.54, 1.807) is 24.3 Å². The van der Waals surface area contributed by atoms with Crippen molar-refractivity contribution in [3.8, 4) is 0 Å². The molecule has 0 fully saturated rings. The summed E-state index contributed by atoms with van der Waals surface area (Å²) in [6, 6.07) is 10.4. The predicted molar refractivity (Wildman–Crippen MR) is 103 cm³/mol. The maximum atomic E-state index is 12.3. The number of nitrogens with zero attached hydrogens (tertiary/aromatic N) is 2. The molecule has 0 aliphatic carbocycles. The fourth-order valence-electron chi connectivity index (χ4n) is 2.43. The Morgan fingerprint density at radius 1 is 1.15 bits per heavy atom. The number of rotatable bonds is 7. The number of carbonyl (C=O) groups is 2. The van der Waals surface area contributed by atoms with E-state index in [-0.39, 0.29) is 11.8 Å². The molecule has 0 radical (unpaired) electrons. The normalized spacial score (nSPS) is 10.6. The number of benzene rings is 1. The van der Waals surface area contributed by atoms with Gasteiger partial charge in [-0.05, 0) is 43.7 Å². The van der Waals surface area contributed by atoms with Crippen LogP contribution >= 0.6 is 11.3 Å². The van der Waals surface area contributed by atoms with Crippen LogP contribution in [-0.2, 0) is 13.0 Å². The highest BCUT2D eigenvalue weighted by molar-refractivity contribution is 7.13. The minimum Gasteiger partial charge on any atom is -0.465 e. The van der Waals surface area contributed by atoms with Gasteiger partial charge in [-0.15, -0.1) is 10.2 Å². The zero-order valence-electron chi connectivity index (χ0n) is 15.1. The Labute approximate surface area is 160 Å². The smallest absolute Gasteiger partial charge is 0.286 e. The molecule has 8 heteroatoms. The summed E-state index contributed by atoms with van der Waals surface area (Å²) in [5, 5.41) is 14.6. The molecule has 7 nitrogen and oxygen atoms in total. The number of hydrogen-bond acceptors (Lipinski definition) is 6. The van der Waals surface area contributed by atoms with E-state index in [0.29, 0.717) is 28.6 Å². The maximum absolute atomic E-state index is 12.3. The minimum absolute atomic E-state index is 0.249. The average Bonchev–Trinajstić information content (AvgIpc) is 3.29. The van der Waals surface area contributed by atoms with Gasteiger partial charge in [-0.2, -0.15) is 0 Å². The Morgan fingerprint density at radius 2 is 2.00 bits per heavy atom. The van der Waals surface area contributed by atoms with Gasteiger partial charge in [-0.1, -0.05) is 24.3 Å². The third-order valence-corrected chi connectivity index (χ3v) is 4.71. The lowest BCUT2D eigenvalue weighted by molar-refractivity contribution is 0.0946. The van der Waals surface area contributed by atoms with Crippen LogP contribution in [0.1, 0.15) is 50.0 Å². The van der Waals surface area contributed by atoms with Crippen molar-refractivity contribution in [2.24, 2.45) is 0 Å². The number of hydrogen-bond donors (Lipinski definition) is 2. The Balaban J connectivity index is 1.62. The summed E-state index contributed by atoms with van der Waals surface area (Å²) < 4.78 is 5.43. The van der Waals surface area contributed by atoms with Crippen molar-refractivity contribution in [3.05, 3.63) is 63.5 Å². The molecule has 0 saturated heterocycles. The molecular weight excluding hydrogens is 364 g/mol. The summed E-state index contributed by atoms with van der Waals surface area (Å²) in [4.78, 5) is 24.6. The van der Waals surface area contributed by atoms with Gasteiger partial charge in [0.2, 0.25) is 5.01 Å². The zero-order chi connectivity index (χ0) is 19.2. The molecule has 0 bridgehead atoms. The molecule has 3 rings (SSSR count). The fraction of sp³-hybridized carbons (Fsp3) is 0.263. The Kier molecular flexibility index (Phi) is 5.97. The van der Waals surface area contributed by atoms with Gasteiger partial charge in [0.25, 0.3) is 11.8 Å². The number of aryl methyl sites for hydroxylation is 2. The van der Waals surface area contributed by atoms with E-state index in [0.717, 1.165) is 23.6 Å². The van der Waals surface area contributed by atoms with Crippen molar-refractivity contribution in [2.75, 3.05) is 5.32 Å². The number of carbonyl (C=O) groups excluding carboxylic acids is 2. The first kappa shape index (κ1) is 18.8. The van der Waals surface area contributed by atoms with E-state index in [1.807, 2.05) is 26.0 Å². The van der Waals surface area contributed by atoms with Crippen LogP contribution in [0.25, 0.3) is 0 Å². The van der Waals surface area contributed by atoms with Crippen molar-refractivity contribution in [1.29, 1.82) is 0 Å². The van der Waals surface area contributed by atoms with Crippen LogP contribution in [0.4, 0.5) is 5.69 Å². The summed E-state index contributed by atoms with van der Waals surface area (Å²) >= 11 is 1.28. The van der Waals surface area contributed by atoms with Crippen LogP contribution < -0.4 is 10.6 Å². The topological polar surface area (TPSA) is 97.1 Å². The molecule has 140 valence electrons. The van der Waals surface area contributed by atoms with Crippen LogP contribution in [0.2, 0.25) is 0 Å². The standard InChI is InChI=1S/C19H20N4O3S/c1-3-5-16-22-23-19(27-16)18(25)21-14-7-4-6-13(10-14)17(24)20-11-15-9-8-12(2)26-15/h4,6-10H,3,5,11H2,1-2H3,(H,20,24)(H,21,25). The quantitative estimate of drug-likeness (QED) is 0.649. The summed E-state index contributed by atoms with van der Waals surface area (Å²) in [5.41, 5.74) is 0.966. The summed E-state index contributed by atoms with van der Waals surface area (Å²) in [5.74, 6) is 0.895. The lowest BCUT2D eigenvalue weighted by Gasteiger charge is -2.07. The van der Waals surface area contributed by atoms with Crippen molar-refractivity contribution < 1.29 is 14.0 Å². The zero-order valence-corrected chi connectivity index (χ0v) is 15.9. The largest absolute Gasteiger partial charge is 0.465 e. The average molecular weight is 384 g/mol. The molecule has 1 aromatic carbocycles. The number of nitrogens with one attached hydrogen (secondary N) is 2. The molecule has 0 unspecified atom stereocenters. The van der Waals surface area contributed by atoms with Gasteiger partial charge >= 0.3 is 0 Å². The second kappa shape index (κ2) is 8.59. The molecule has 0 aliphatic heterocycles. The maximum Gasteiger partial charge on any atom is 0.286 e. The van der Waals surface area contributed by atoms with Gasteiger partial charge in [0.1, 0.15) is 16.5 Å². The number of furan rings is 1. The van der Waals surface area contributed by atoms with Crippen LogP contribution in [0.5, 0.6) is 0 Å². The molecule has 0 saturated carbocycles. The highest BCUT2D eigenvalue weighted by Gasteiger charge is 2.14. The van der Waals surface area contributed by atoms with E-state index in [4.69, 9.17) is 4.42 Å². The Bertz CT molecular complexity index is 948. The van der Waals surface area contributed by atoms with E-state index in [2.05, 4.69) is 20.8 Å². The first-order valence-corrected chi connectivity index (χ1v) is 9.44. The summed E-state index contributed by atoms with van der Waals surface area (Å²) in [6.07, 6.45) is 1.75. The highest BCUT2D eigenvalue weighted by Crippen LogP contribution is 2.16. The first-order valence-electron chi connectivity index (χ1n) is 8.62. The third-order valence-electron chi connectivity index (χ3n) is 3.73. The monoisotopic (exact) mass is 384 g/mol. The Hall–Kier alpha value is -3.00. The van der Waals surface area contributed by atoms with Crippen LogP contribution in [0, 0.1) is 6.92 Å². The van der Waals surface area contributed by atoms with Crippen molar-refractivity contribution in [2.45, 2.75) is 33.2 Å². The molecule has 2 aromatic heterocycles. The number of anilines is 1. The second-order valence-electron chi connectivity index (χ2n) is 5.98. The SMILES string of the molecule is CCCc1nnc(C(=O)Nc2cccc(C(=O)NCc3ccc(C)o3)c2)s1. The third kappa shape index (κ3) is 5.01. The summed E-state index contributed by atoms with van der Waals surface area (Å²) in [7, 11) is 0. The molecule has 27 heavy (non-hydrogen) atoms.